The number of ether oxygens (including phenoxy) is 1. The average Bonchev–Trinajstić information content (AvgIpc) is 3.07. The van der Waals surface area contributed by atoms with Crippen LogP contribution in [0, 0.1) is 0 Å². The molecule has 1 heterocycles. The molecule has 0 radical (unpaired) electrons. The van der Waals surface area contributed by atoms with Crippen molar-refractivity contribution in [1.29, 1.82) is 0 Å². The van der Waals surface area contributed by atoms with Crippen LogP contribution in [-0.2, 0) is 17.8 Å². The molecule has 0 saturated carbocycles. The summed E-state index contributed by atoms with van der Waals surface area (Å²) in [4.78, 5) is 2.48. The molecule has 0 bridgehead atoms. The van der Waals surface area contributed by atoms with Crippen LogP contribution in [0.1, 0.15) is 25.0 Å². The molecule has 1 fully saturated rings. The number of hydrogen-bond donors (Lipinski definition) is 0. The second-order valence-electron chi connectivity index (χ2n) is 6.35. The van der Waals surface area contributed by atoms with Crippen LogP contribution in [0.25, 0.3) is 0 Å². The second kappa shape index (κ2) is 6.00. The van der Waals surface area contributed by atoms with Gasteiger partial charge in [0, 0.05) is 19.6 Å². The summed E-state index contributed by atoms with van der Waals surface area (Å²) in [7, 11) is 0. The maximum atomic E-state index is 5.77. The highest BCUT2D eigenvalue weighted by molar-refractivity contribution is 5.17. The van der Waals surface area contributed by atoms with Gasteiger partial charge in [-0.2, -0.15) is 0 Å². The van der Waals surface area contributed by atoms with E-state index in [2.05, 4.69) is 79.4 Å². The van der Waals surface area contributed by atoms with Crippen LogP contribution in [0.2, 0.25) is 0 Å². The van der Waals surface area contributed by atoms with Crippen molar-refractivity contribution < 1.29 is 4.74 Å². The highest BCUT2D eigenvalue weighted by Crippen LogP contribution is 2.36. The van der Waals surface area contributed by atoms with Gasteiger partial charge in [-0.25, -0.2) is 0 Å². The number of nitrogens with zero attached hydrogens (tertiary/aromatic N) is 1. The van der Waals surface area contributed by atoms with E-state index in [0.29, 0.717) is 6.10 Å². The van der Waals surface area contributed by atoms with Crippen molar-refractivity contribution in [1.82, 2.24) is 4.90 Å². The molecule has 0 spiro atoms. The van der Waals surface area contributed by atoms with Gasteiger partial charge in [-0.15, -0.1) is 0 Å². The average molecular weight is 281 g/mol. The molecule has 1 aliphatic heterocycles. The van der Waals surface area contributed by atoms with Crippen LogP contribution in [0.3, 0.4) is 0 Å². The fourth-order valence-electron chi connectivity index (χ4n) is 2.69. The highest BCUT2D eigenvalue weighted by Gasteiger charge is 2.48. The topological polar surface area (TPSA) is 15.8 Å². The molecule has 2 nitrogen and oxygen atoms in total. The SMILES string of the molecule is CC1(C)OC1CN(Cc1ccccc1)Cc1ccccc1. The minimum Gasteiger partial charge on any atom is -0.365 e. The predicted molar refractivity (Wildman–Crippen MR) is 86.0 cm³/mol. The Kier molecular flexibility index (Phi) is 4.09. The summed E-state index contributed by atoms with van der Waals surface area (Å²) in [5.74, 6) is 0. The summed E-state index contributed by atoms with van der Waals surface area (Å²) in [6, 6.07) is 21.3. The van der Waals surface area contributed by atoms with Crippen LogP contribution in [-0.4, -0.2) is 23.1 Å². The quantitative estimate of drug-likeness (QED) is 0.747. The molecule has 3 rings (SSSR count). The Bertz CT molecular complexity index is 523. The zero-order valence-corrected chi connectivity index (χ0v) is 12.8. The van der Waals surface area contributed by atoms with Crippen LogP contribution in [0.15, 0.2) is 60.7 Å². The lowest BCUT2D eigenvalue weighted by atomic mass is 10.1. The Hall–Kier alpha value is -1.64. The van der Waals surface area contributed by atoms with Gasteiger partial charge in [0.2, 0.25) is 0 Å². The summed E-state index contributed by atoms with van der Waals surface area (Å²) in [6.45, 7) is 7.25. The third kappa shape index (κ3) is 3.93. The van der Waals surface area contributed by atoms with E-state index in [0.717, 1.165) is 19.6 Å². The second-order valence-corrected chi connectivity index (χ2v) is 6.35. The van der Waals surface area contributed by atoms with Gasteiger partial charge in [-0.1, -0.05) is 60.7 Å². The van der Waals surface area contributed by atoms with Gasteiger partial charge in [0.05, 0.1) is 11.7 Å². The van der Waals surface area contributed by atoms with Gasteiger partial charge in [-0.05, 0) is 25.0 Å². The Morgan fingerprint density at radius 1 is 0.857 bits per heavy atom. The lowest BCUT2D eigenvalue weighted by Gasteiger charge is -2.22. The van der Waals surface area contributed by atoms with Crippen molar-refractivity contribution in [3.63, 3.8) is 0 Å². The molecule has 1 saturated heterocycles. The van der Waals surface area contributed by atoms with Crippen molar-refractivity contribution in [2.75, 3.05) is 6.54 Å². The summed E-state index contributed by atoms with van der Waals surface area (Å²) in [5, 5.41) is 0. The van der Waals surface area contributed by atoms with Crippen LogP contribution < -0.4 is 0 Å². The number of rotatable bonds is 6. The largest absolute Gasteiger partial charge is 0.365 e. The summed E-state index contributed by atoms with van der Waals surface area (Å²) >= 11 is 0. The monoisotopic (exact) mass is 281 g/mol. The van der Waals surface area contributed by atoms with Crippen molar-refractivity contribution in [2.24, 2.45) is 0 Å². The summed E-state index contributed by atoms with van der Waals surface area (Å²) < 4.78 is 5.77. The Morgan fingerprint density at radius 2 is 1.29 bits per heavy atom. The molecule has 0 aliphatic carbocycles. The van der Waals surface area contributed by atoms with Gasteiger partial charge < -0.3 is 4.74 Å². The van der Waals surface area contributed by atoms with Crippen molar-refractivity contribution in [2.45, 2.75) is 38.6 Å². The lowest BCUT2D eigenvalue weighted by Crippen LogP contribution is -2.29. The minimum atomic E-state index is 0.0472. The lowest BCUT2D eigenvalue weighted by molar-refractivity contribution is 0.224. The van der Waals surface area contributed by atoms with Gasteiger partial charge in [-0.3, -0.25) is 4.90 Å². The highest BCUT2D eigenvalue weighted by atomic mass is 16.6. The van der Waals surface area contributed by atoms with Gasteiger partial charge >= 0.3 is 0 Å². The molecule has 0 N–H and O–H groups in total. The fraction of sp³-hybridized carbons (Fsp3) is 0.368. The van der Waals surface area contributed by atoms with Crippen molar-refractivity contribution in [3.8, 4) is 0 Å². The molecule has 2 aromatic rings. The number of hydrogen-bond acceptors (Lipinski definition) is 2. The third-order valence-corrected chi connectivity index (χ3v) is 4.09. The van der Waals surface area contributed by atoms with E-state index in [4.69, 9.17) is 4.74 Å². The summed E-state index contributed by atoms with van der Waals surface area (Å²) in [5.41, 5.74) is 2.75. The van der Waals surface area contributed by atoms with Crippen LogP contribution in [0.4, 0.5) is 0 Å². The van der Waals surface area contributed by atoms with Gasteiger partial charge in [0.25, 0.3) is 0 Å². The first-order chi connectivity index (χ1) is 10.1. The maximum absolute atomic E-state index is 5.77. The normalized spacial score (nSPS) is 19.7. The molecule has 1 atom stereocenters. The molecule has 1 unspecified atom stereocenters. The first-order valence-electron chi connectivity index (χ1n) is 7.61. The van der Waals surface area contributed by atoms with E-state index in [1.54, 1.807) is 0 Å². The smallest absolute Gasteiger partial charge is 0.0994 e. The summed E-state index contributed by atoms with van der Waals surface area (Å²) in [6.07, 6.45) is 0.352. The standard InChI is InChI=1S/C19H23NO/c1-19(2)18(21-19)15-20(13-16-9-5-3-6-10-16)14-17-11-7-4-8-12-17/h3-12,18H,13-15H2,1-2H3. The van der Waals surface area contributed by atoms with E-state index in [1.807, 2.05) is 0 Å². The predicted octanol–water partition coefficient (Wildman–Crippen LogP) is 3.87. The zero-order chi connectivity index (χ0) is 14.7. The maximum Gasteiger partial charge on any atom is 0.0994 e. The Morgan fingerprint density at radius 3 is 1.67 bits per heavy atom. The molecular weight excluding hydrogens is 258 g/mol. The molecule has 110 valence electrons. The third-order valence-electron chi connectivity index (χ3n) is 4.09. The van der Waals surface area contributed by atoms with E-state index < -0.39 is 0 Å². The Balaban J connectivity index is 1.68. The van der Waals surface area contributed by atoms with E-state index in [1.165, 1.54) is 11.1 Å². The Labute approximate surface area is 127 Å². The van der Waals surface area contributed by atoms with Gasteiger partial charge in [0.15, 0.2) is 0 Å². The number of benzene rings is 2. The molecular formula is C19H23NO. The van der Waals surface area contributed by atoms with Crippen LogP contribution >= 0.6 is 0 Å². The molecule has 2 heteroatoms. The molecule has 2 aromatic carbocycles. The van der Waals surface area contributed by atoms with E-state index >= 15 is 0 Å². The minimum absolute atomic E-state index is 0.0472. The molecule has 0 amide bonds. The van der Waals surface area contributed by atoms with Crippen LogP contribution in [0.5, 0.6) is 0 Å². The van der Waals surface area contributed by atoms with Gasteiger partial charge in [0.1, 0.15) is 0 Å². The number of epoxide rings is 1. The molecule has 1 aliphatic rings. The molecule has 21 heavy (non-hydrogen) atoms. The van der Waals surface area contributed by atoms with Crippen molar-refractivity contribution in [3.05, 3.63) is 71.8 Å². The fourth-order valence-corrected chi connectivity index (χ4v) is 2.69. The first-order valence-corrected chi connectivity index (χ1v) is 7.61. The first kappa shape index (κ1) is 14.3. The van der Waals surface area contributed by atoms with E-state index in [-0.39, 0.29) is 5.60 Å². The molecule has 0 aromatic heterocycles. The van der Waals surface area contributed by atoms with Crippen molar-refractivity contribution >= 4 is 0 Å². The zero-order valence-electron chi connectivity index (χ0n) is 12.8. The van der Waals surface area contributed by atoms with E-state index in [9.17, 15) is 0 Å².